The lowest BCUT2D eigenvalue weighted by Crippen LogP contribution is -2.30. The van der Waals surface area contributed by atoms with Gasteiger partial charge < -0.3 is 9.64 Å². The third-order valence-corrected chi connectivity index (χ3v) is 3.29. The molecular weight excluding hydrogens is 254 g/mol. The van der Waals surface area contributed by atoms with Gasteiger partial charge in [-0.15, -0.1) is 6.58 Å². The minimum absolute atomic E-state index is 0.0103. The minimum atomic E-state index is -0.0103. The lowest BCUT2D eigenvalue weighted by molar-refractivity contribution is -0.130. The molecule has 2 rings (SSSR count). The highest BCUT2D eigenvalue weighted by Gasteiger charge is 2.27. The van der Waals surface area contributed by atoms with Crippen LogP contribution in [0.2, 0.25) is 0 Å². The lowest BCUT2D eigenvalue weighted by Gasteiger charge is -2.16. The zero-order valence-electron chi connectivity index (χ0n) is 12.1. The maximum atomic E-state index is 11.9. The van der Waals surface area contributed by atoms with E-state index in [2.05, 4.69) is 16.5 Å². The van der Waals surface area contributed by atoms with Crippen LogP contribution in [0.15, 0.2) is 18.7 Å². The Labute approximate surface area is 119 Å². The maximum Gasteiger partial charge on any atom is 0.317 e. The van der Waals surface area contributed by atoms with Crippen molar-refractivity contribution in [2.24, 2.45) is 0 Å². The number of hydrogen-bond acceptors (Lipinski definition) is 4. The smallest absolute Gasteiger partial charge is 0.317 e. The fourth-order valence-corrected chi connectivity index (χ4v) is 2.33. The summed E-state index contributed by atoms with van der Waals surface area (Å²) in [6.07, 6.45) is 3.84. The predicted molar refractivity (Wildman–Crippen MR) is 76.6 cm³/mol. The van der Waals surface area contributed by atoms with Crippen LogP contribution in [0.1, 0.15) is 30.7 Å². The van der Waals surface area contributed by atoms with Gasteiger partial charge in [0.2, 0.25) is 5.91 Å². The number of allylic oxidation sites excluding steroid dienone is 1. The number of hydrogen-bond donors (Lipinski definition) is 0. The number of aromatic nitrogens is 2. The van der Waals surface area contributed by atoms with Crippen molar-refractivity contribution in [3.05, 3.63) is 30.1 Å². The van der Waals surface area contributed by atoms with E-state index in [0.717, 1.165) is 30.8 Å². The Hall–Kier alpha value is -1.91. The molecule has 1 unspecified atom stereocenters. The first-order chi connectivity index (χ1) is 9.58. The van der Waals surface area contributed by atoms with Crippen LogP contribution in [-0.4, -0.2) is 40.0 Å². The fourth-order valence-electron chi connectivity index (χ4n) is 2.33. The second-order valence-electron chi connectivity index (χ2n) is 5.13. The summed E-state index contributed by atoms with van der Waals surface area (Å²) >= 11 is 0. The molecule has 0 bridgehead atoms. The van der Waals surface area contributed by atoms with Gasteiger partial charge in [-0.05, 0) is 26.3 Å². The zero-order valence-corrected chi connectivity index (χ0v) is 12.1. The molecule has 1 atom stereocenters. The quantitative estimate of drug-likeness (QED) is 0.772. The largest absolute Gasteiger partial charge is 0.458 e. The van der Waals surface area contributed by atoms with Gasteiger partial charge in [-0.1, -0.05) is 6.08 Å². The number of amides is 1. The normalized spacial score (nSPS) is 18.1. The van der Waals surface area contributed by atoms with E-state index in [1.165, 1.54) is 0 Å². The highest BCUT2D eigenvalue weighted by atomic mass is 16.5. The molecule has 1 aliphatic heterocycles. The molecule has 2 heterocycles. The summed E-state index contributed by atoms with van der Waals surface area (Å²) in [5.41, 5.74) is 1.79. The third kappa shape index (κ3) is 3.79. The van der Waals surface area contributed by atoms with Gasteiger partial charge in [0.25, 0.3) is 0 Å². The van der Waals surface area contributed by atoms with Crippen LogP contribution in [0.3, 0.4) is 0 Å². The molecule has 0 aromatic carbocycles. The highest BCUT2D eigenvalue weighted by molar-refractivity contribution is 5.76. The monoisotopic (exact) mass is 275 g/mol. The molecular formula is C15H21N3O2. The maximum absolute atomic E-state index is 11.9. The number of carbonyl (C=O) groups excluding carboxylic acids is 1. The number of likely N-dealkylation sites (tertiary alicyclic amines) is 1. The van der Waals surface area contributed by atoms with Crippen LogP contribution in [0.4, 0.5) is 0 Å². The van der Waals surface area contributed by atoms with Crippen molar-refractivity contribution in [3.8, 4) is 6.01 Å². The summed E-state index contributed by atoms with van der Waals surface area (Å²) in [6.45, 7) is 8.83. The second-order valence-corrected chi connectivity index (χ2v) is 5.13. The van der Waals surface area contributed by atoms with Gasteiger partial charge >= 0.3 is 6.01 Å². The molecule has 0 spiro atoms. The molecule has 1 aliphatic rings. The molecule has 5 heteroatoms. The van der Waals surface area contributed by atoms with Crippen LogP contribution in [-0.2, 0) is 4.79 Å². The summed E-state index contributed by atoms with van der Waals surface area (Å²) in [6, 6.07) is 2.32. The van der Waals surface area contributed by atoms with Gasteiger partial charge in [0.1, 0.15) is 6.10 Å². The number of nitrogens with zero attached hydrogens (tertiary/aromatic N) is 3. The zero-order chi connectivity index (χ0) is 14.5. The van der Waals surface area contributed by atoms with Crippen LogP contribution in [0.5, 0.6) is 6.01 Å². The van der Waals surface area contributed by atoms with Crippen LogP contribution >= 0.6 is 0 Å². The third-order valence-electron chi connectivity index (χ3n) is 3.29. The Morgan fingerprint density at radius 3 is 2.85 bits per heavy atom. The summed E-state index contributed by atoms with van der Waals surface area (Å²) < 4.78 is 5.79. The Balaban J connectivity index is 1.89. The molecule has 1 saturated heterocycles. The van der Waals surface area contributed by atoms with Crippen LogP contribution in [0.25, 0.3) is 0 Å². The Morgan fingerprint density at radius 2 is 2.20 bits per heavy atom. The van der Waals surface area contributed by atoms with E-state index in [9.17, 15) is 4.79 Å². The van der Waals surface area contributed by atoms with E-state index in [-0.39, 0.29) is 12.0 Å². The molecule has 1 aromatic rings. The SMILES string of the molecule is C=CCCC(=O)N1CCC(Oc2nc(C)cc(C)n2)C1. The number of aryl methyl sites for hydroxylation is 2. The van der Waals surface area contributed by atoms with Gasteiger partial charge in [0.15, 0.2) is 0 Å². The van der Waals surface area contributed by atoms with Crippen molar-refractivity contribution in [1.29, 1.82) is 0 Å². The summed E-state index contributed by atoms with van der Waals surface area (Å²) in [4.78, 5) is 22.3. The van der Waals surface area contributed by atoms with Crippen molar-refractivity contribution in [2.75, 3.05) is 13.1 Å². The number of ether oxygens (including phenoxy) is 1. The van der Waals surface area contributed by atoms with Crippen molar-refractivity contribution in [3.63, 3.8) is 0 Å². The molecule has 5 nitrogen and oxygen atoms in total. The van der Waals surface area contributed by atoms with Crippen molar-refractivity contribution in [1.82, 2.24) is 14.9 Å². The van der Waals surface area contributed by atoms with Crippen LogP contribution < -0.4 is 4.74 Å². The van der Waals surface area contributed by atoms with Gasteiger partial charge in [-0.25, -0.2) is 9.97 Å². The molecule has 0 radical (unpaired) electrons. The second kappa shape index (κ2) is 6.50. The Kier molecular flexibility index (Phi) is 4.71. The van der Waals surface area contributed by atoms with Crippen molar-refractivity contribution < 1.29 is 9.53 Å². The Bertz CT molecular complexity index is 482. The molecule has 1 amide bonds. The Morgan fingerprint density at radius 1 is 1.50 bits per heavy atom. The van der Waals surface area contributed by atoms with E-state index in [4.69, 9.17) is 4.74 Å². The van der Waals surface area contributed by atoms with E-state index >= 15 is 0 Å². The average Bonchev–Trinajstić information content (AvgIpc) is 2.83. The molecule has 20 heavy (non-hydrogen) atoms. The van der Waals surface area contributed by atoms with Crippen molar-refractivity contribution in [2.45, 2.75) is 39.2 Å². The molecule has 1 aromatic heterocycles. The van der Waals surface area contributed by atoms with Crippen molar-refractivity contribution >= 4 is 5.91 Å². The van der Waals surface area contributed by atoms with E-state index in [1.54, 1.807) is 6.08 Å². The summed E-state index contributed by atoms with van der Waals surface area (Å²) in [5, 5.41) is 0. The van der Waals surface area contributed by atoms with Gasteiger partial charge in [0.05, 0.1) is 6.54 Å². The minimum Gasteiger partial charge on any atom is -0.458 e. The topological polar surface area (TPSA) is 55.3 Å². The summed E-state index contributed by atoms with van der Waals surface area (Å²) in [5.74, 6) is 0.164. The fraction of sp³-hybridized carbons (Fsp3) is 0.533. The number of rotatable bonds is 5. The van der Waals surface area contributed by atoms with Crippen LogP contribution in [0, 0.1) is 13.8 Å². The van der Waals surface area contributed by atoms with E-state index < -0.39 is 0 Å². The summed E-state index contributed by atoms with van der Waals surface area (Å²) in [7, 11) is 0. The number of carbonyl (C=O) groups is 1. The molecule has 0 aliphatic carbocycles. The average molecular weight is 275 g/mol. The molecule has 108 valence electrons. The first kappa shape index (κ1) is 14.5. The lowest BCUT2D eigenvalue weighted by atomic mass is 10.3. The first-order valence-corrected chi connectivity index (χ1v) is 6.96. The van der Waals surface area contributed by atoms with Gasteiger partial charge in [-0.3, -0.25) is 4.79 Å². The standard InChI is InChI=1S/C15H21N3O2/c1-4-5-6-14(19)18-8-7-13(10-18)20-15-16-11(2)9-12(3)17-15/h4,9,13H,1,5-8,10H2,2-3H3. The van der Waals surface area contributed by atoms with E-state index in [0.29, 0.717) is 19.0 Å². The first-order valence-electron chi connectivity index (χ1n) is 6.96. The molecule has 0 N–H and O–H groups in total. The van der Waals surface area contributed by atoms with Gasteiger partial charge in [-0.2, -0.15) is 0 Å². The highest BCUT2D eigenvalue weighted by Crippen LogP contribution is 2.17. The van der Waals surface area contributed by atoms with E-state index in [1.807, 2.05) is 24.8 Å². The van der Waals surface area contributed by atoms with Gasteiger partial charge in [0, 0.05) is 30.8 Å². The predicted octanol–water partition coefficient (Wildman–Crippen LogP) is 2.04. The molecule has 0 saturated carbocycles. The molecule has 1 fully saturated rings.